The van der Waals surface area contributed by atoms with Gasteiger partial charge < -0.3 is 108 Å². The summed E-state index contributed by atoms with van der Waals surface area (Å²) >= 11 is 0.631. The van der Waals surface area contributed by atoms with Crippen LogP contribution >= 0.6 is 11.8 Å². The van der Waals surface area contributed by atoms with E-state index in [-0.39, 0.29) is 74.8 Å². The Morgan fingerprint density at radius 1 is 0.525 bits per heavy atom. The summed E-state index contributed by atoms with van der Waals surface area (Å²) in [4.78, 5) is 269. The Morgan fingerprint density at radius 3 is 1.68 bits per heavy atom. The molecule has 0 bridgehead atoms. The number of carboxylic acids is 3. The number of fused-ring (bicyclic) bond motifs is 3. The lowest BCUT2D eigenvalue weighted by Gasteiger charge is -2.38. The number of benzene rings is 5. The van der Waals surface area contributed by atoms with Crippen LogP contribution in [0.15, 0.2) is 128 Å². The first-order valence-corrected chi connectivity index (χ1v) is 46.9. The lowest BCUT2D eigenvalue weighted by atomic mass is 9.97. The summed E-state index contributed by atoms with van der Waals surface area (Å²) < 4.78 is 46.6. The monoisotopic (exact) mass is 1950 g/mol. The van der Waals surface area contributed by atoms with Crippen LogP contribution in [0.1, 0.15) is 133 Å². The van der Waals surface area contributed by atoms with Crippen molar-refractivity contribution in [1.29, 1.82) is 0 Å². The zero-order valence-electron chi connectivity index (χ0n) is 78.3. The van der Waals surface area contributed by atoms with Gasteiger partial charge in [0.2, 0.25) is 88.6 Å². The molecular weight excluding hydrogens is 1830 g/mol. The average molecular weight is 1960 g/mol. The molecule has 16 N–H and O–H groups in total. The molecule has 3 aliphatic heterocycles. The smallest absolute Gasteiger partial charge is 0.323 e. The summed E-state index contributed by atoms with van der Waals surface area (Å²) in [6, 6.07) is 6.47. The van der Waals surface area contributed by atoms with Gasteiger partial charge in [-0.15, -0.1) is 11.8 Å². The van der Waals surface area contributed by atoms with Gasteiger partial charge in [-0.3, -0.25) is 86.3 Å². The number of hydrogen-bond donors (Lipinski definition) is 15. The molecule has 3 fully saturated rings. The maximum atomic E-state index is 15.7. The Bertz CT molecular complexity index is 5440. The first kappa shape index (κ1) is 109. The molecule has 43 heteroatoms. The van der Waals surface area contributed by atoms with Crippen LogP contribution in [-0.4, -0.2) is 298 Å². The number of aliphatic carboxylic acids is 3. The van der Waals surface area contributed by atoms with Crippen molar-refractivity contribution in [3.8, 4) is 5.75 Å². The first-order chi connectivity index (χ1) is 65.9. The van der Waals surface area contributed by atoms with E-state index in [1.54, 1.807) is 106 Å². The molecule has 14 atom stereocenters. The first-order valence-electron chi connectivity index (χ1n) is 45.8. The van der Waals surface area contributed by atoms with Crippen LogP contribution in [0.25, 0.3) is 10.9 Å². The Balaban J connectivity index is 1.16. The summed E-state index contributed by atoms with van der Waals surface area (Å²) in [5.41, 5.74) is 6.80. The van der Waals surface area contributed by atoms with Crippen molar-refractivity contribution in [3.05, 3.63) is 173 Å². The van der Waals surface area contributed by atoms with E-state index in [1.807, 2.05) is 0 Å². The number of thioether (sulfide) groups is 1. The van der Waals surface area contributed by atoms with Gasteiger partial charge in [0.15, 0.2) is 17.5 Å². The molecule has 139 heavy (non-hydrogen) atoms. The Hall–Kier alpha value is -14.0. The quantitative estimate of drug-likeness (QED) is 0.0343. The molecule has 0 radical (unpaired) electrons. The number of likely N-dealkylation sites (N-methyl/N-ethyl adjacent to an activating group) is 3. The number of aliphatic hydroxyl groups excluding tert-OH is 1. The lowest BCUT2D eigenvalue weighted by molar-refractivity contribution is -0.152. The third-order valence-electron chi connectivity index (χ3n) is 24.4. The number of carboxylic acid groups (broad SMARTS) is 3. The molecule has 3 saturated heterocycles. The molecule has 6 aromatic rings. The number of unbranched alkanes of at least 4 members (excludes halogenated alkanes) is 1. The van der Waals surface area contributed by atoms with E-state index in [9.17, 15) is 68.3 Å². The second-order valence-electron chi connectivity index (χ2n) is 35.8. The summed E-state index contributed by atoms with van der Waals surface area (Å²) in [5.74, 6) is -28.7. The number of nitrogens with zero attached hydrogens (tertiary/aromatic N) is 6. The molecule has 9 rings (SSSR count). The van der Waals surface area contributed by atoms with E-state index < -0.39 is 302 Å². The van der Waals surface area contributed by atoms with Crippen molar-refractivity contribution in [2.45, 2.75) is 229 Å². The molecule has 0 spiro atoms. The van der Waals surface area contributed by atoms with Gasteiger partial charge in [0.05, 0.1) is 24.8 Å². The number of aliphatic hydroxyl groups is 1. The number of amides is 15. The van der Waals surface area contributed by atoms with Gasteiger partial charge in [-0.1, -0.05) is 138 Å². The number of phenolic OH excluding ortho intramolecular Hbond substituents is 1. The fourth-order valence-corrected chi connectivity index (χ4v) is 17.9. The van der Waals surface area contributed by atoms with Crippen LogP contribution in [0, 0.1) is 29.3 Å². The van der Waals surface area contributed by atoms with Crippen molar-refractivity contribution >= 4 is 129 Å². The number of aromatic nitrogens is 1. The third kappa shape index (κ3) is 30.5. The van der Waals surface area contributed by atoms with Gasteiger partial charge >= 0.3 is 17.9 Å². The van der Waals surface area contributed by atoms with Crippen LogP contribution in [0.2, 0.25) is 0 Å². The molecule has 39 nitrogen and oxygen atoms in total. The average Bonchev–Trinajstić information content (AvgIpc) is 1.76. The molecule has 15 amide bonds. The lowest BCUT2D eigenvalue weighted by Crippen LogP contribution is -2.63. The van der Waals surface area contributed by atoms with Crippen molar-refractivity contribution in [2.24, 2.45) is 17.6 Å². The predicted molar refractivity (Wildman–Crippen MR) is 498 cm³/mol. The highest BCUT2D eigenvalue weighted by molar-refractivity contribution is 8.00. The van der Waals surface area contributed by atoms with E-state index in [1.165, 1.54) is 63.0 Å². The maximum Gasteiger partial charge on any atom is 0.323 e. The summed E-state index contributed by atoms with van der Waals surface area (Å²) in [6.45, 7) is 5.86. The Labute approximate surface area is 804 Å². The minimum absolute atomic E-state index is 0.128. The highest BCUT2D eigenvalue weighted by Gasteiger charge is 2.48. The number of rotatable bonds is 26. The largest absolute Gasteiger partial charge is 0.508 e. The minimum Gasteiger partial charge on any atom is -0.508 e. The zero-order valence-corrected chi connectivity index (χ0v) is 79.1. The van der Waals surface area contributed by atoms with Crippen molar-refractivity contribution in [2.75, 3.05) is 52.3 Å². The van der Waals surface area contributed by atoms with Gasteiger partial charge in [0.1, 0.15) is 90.8 Å². The van der Waals surface area contributed by atoms with Crippen molar-refractivity contribution < 1.29 is 125 Å². The van der Waals surface area contributed by atoms with Gasteiger partial charge in [0.25, 0.3) is 0 Å². The SMILES string of the molecule is CCCC[C@H]1C(=O)N2C[C@@H](O)C[C@@H]2C(=O)N[C@@H](CC(=O)O)C(=O)N[C@@H](C(C)C)C(=O)N(C)[C@@H](Cc2ccccc2)C(=O)N[C@@H](CCC(=O)O)C(=O)N2CCCC[C@@H]2C(=O)N[C@@H](Cc2cn(CC(=O)O)c3ccccc23)C(=O)N[C@@H](Cc2ccc(O)cc2)C(=O)N[C@@H](CC(C)C)C(=O)N[C@H](C(=O)NCC(N)=O)CSCC(=O)N[C@@H](Cc2cc(F)c(F)c(F)c2)C(=O)N(C)[C@@H](Cc2ccccc2)C(=O)N1C. The molecule has 5 aromatic carbocycles. The second kappa shape index (κ2) is 50.9. The van der Waals surface area contributed by atoms with Crippen LogP contribution in [0.3, 0.4) is 0 Å². The molecule has 4 heterocycles. The van der Waals surface area contributed by atoms with Crippen LogP contribution in [0.4, 0.5) is 13.2 Å². The maximum absolute atomic E-state index is 15.7. The van der Waals surface area contributed by atoms with E-state index >= 15 is 56.7 Å². The normalized spacial score (nSPS) is 23.7. The third-order valence-corrected chi connectivity index (χ3v) is 25.5. The summed E-state index contributed by atoms with van der Waals surface area (Å²) in [7, 11) is 3.55. The number of hydrogen-bond acceptors (Lipinski definition) is 21. The van der Waals surface area contributed by atoms with Crippen LogP contribution < -0.4 is 53.6 Å². The summed E-state index contributed by atoms with van der Waals surface area (Å²) in [6.07, 6.45) is -4.99. The number of para-hydroxylation sites is 1. The standard InChI is InChI=1S/C96H121F3N16O23S/c1-9-10-26-73-95(137)115-48-60(117)44-75(115)91(133)107-68(45-80(122)123)88(130)109-83(53(4)5)96(138)111(7)74(41-54-21-13-11-14-22-54)90(132)103-64(33-34-79(120)121)93(135)114-35-20-19-28-72(114)89(131)106-67(43-58-47-113(49-81(124)125)71-27-18-17-25-61(58)71)87(129)105-66(39-56-29-31-59(116)32-30-56)86(128)104-65(36-52(2)3)85(127)108-70(84(126)101-46-77(100)118)50-139-51-78(119)102-69(40-57-37-62(97)82(99)63(98)38-57)92(134)112(8)76(94(136)110(73)6)42-55-23-15-12-16-24-55/h11-18,21-25,27,29-32,37-38,47,52-53,60,64-70,72-76,83,116-117H,9-10,19-20,26,28,33-36,39-46,48-51H2,1-8H3,(H2,100,118)(H,101,126)(H,102,119)(H,103,132)(H,104,128)(H,105,129)(H,106,131)(H,107,133)(H,108,127)(H,109,130)(H,120,121)(H,122,123)(H,124,125)/t60-,64-,65-,66-,67-,68-,69-,70-,72+,73-,74-,75+,76-,83-/m0/s1. The topological polar surface area (TPSA) is 564 Å². The van der Waals surface area contributed by atoms with Gasteiger partial charge in [0, 0.05) is 102 Å². The zero-order chi connectivity index (χ0) is 102. The fourth-order valence-electron chi connectivity index (χ4n) is 17.1. The number of nitrogens with two attached hydrogens (primary N) is 1. The second-order valence-corrected chi connectivity index (χ2v) is 36.8. The number of primary amides is 1. The van der Waals surface area contributed by atoms with Gasteiger partial charge in [-0.25, -0.2) is 13.2 Å². The molecule has 750 valence electrons. The molecule has 0 saturated carbocycles. The molecule has 0 unspecified atom stereocenters. The molecule has 0 aliphatic carbocycles. The highest BCUT2D eigenvalue weighted by Crippen LogP contribution is 2.30. The predicted octanol–water partition coefficient (Wildman–Crippen LogP) is 1.64. The number of halogens is 3. The van der Waals surface area contributed by atoms with E-state index in [0.29, 0.717) is 52.3 Å². The Morgan fingerprint density at radius 2 is 1.07 bits per heavy atom. The number of phenols is 1. The minimum atomic E-state index is -2.08. The van der Waals surface area contributed by atoms with E-state index in [4.69, 9.17) is 5.73 Å². The fraction of sp³-hybridized carbons (Fsp3) is 0.479. The van der Waals surface area contributed by atoms with Gasteiger partial charge in [-0.05, 0) is 109 Å². The number of carbonyl (C=O) groups is 18. The van der Waals surface area contributed by atoms with E-state index in [0.717, 1.165) is 31.5 Å². The molecule has 1 aromatic heterocycles. The molecular formula is C96H121F3N16O23S. The summed E-state index contributed by atoms with van der Waals surface area (Å²) in [5, 5.41) is 76.1. The van der Waals surface area contributed by atoms with Crippen molar-refractivity contribution in [1.82, 2.24) is 76.9 Å². The number of nitrogens with one attached hydrogen (secondary N) is 9. The number of aromatic hydroxyl groups is 1. The highest BCUT2D eigenvalue weighted by atomic mass is 32.2. The Kier molecular flexibility index (Phi) is 39.8. The number of piperidine rings is 1. The van der Waals surface area contributed by atoms with Crippen LogP contribution in [0.5, 0.6) is 5.75 Å². The van der Waals surface area contributed by atoms with Crippen LogP contribution in [-0.2, 0) is 125 Å². The molecule has 3 aliphatic rings. The van der Waals surface area contributed by atoms with E-state index in [2.05, 4.69) is 47.9 Å². The van der Waals surface area contributed by atoms with Gasteiger partial charge in [-0.2, -0.15) is 0 Å². The number of carbonyl (C=O) groups excluding carboxylic acids is 15. The van der Waals surface area contributed by atoms with Crippen molar-refractivity contribution in [3.63, 3.8) is 0 Å².